The molecule has 0 aromatic heterocycles. The van der Waals surface area contributed by atoms with Gasteiger partial charge < -0.3 is 4.90 Å². The maximum atomic E-state index is 12.0. The smallest absolute Gasteiger partial charge is 0.236 e. The van der Waals surface area contributed by atoms with Crippen LogP contribution in [0.1, 0.15) is 43.6 Å². The van der Waals surface area contributed by atoms with Crippen molar-refractivity contribution >= 4 is 5.91 Å². The molecule has 2 heterocycles. The monoisotopic (exact) mass is 355 g/mol. The van der Waals surface area contributed by atoms with Crippen molar-refractivity contribution in [1.29, 1.82) is 0 Å². The Morgan fingerprint density at radius 3 is 2.46 bits per heavy atom. The first-order valence-electron chi connectivity index (χ1n) is 10.3. The standard InChI is InChI=1S/C22H33N3O/c1-23(2)21(26)16-24-12-10-22(11-13-24)14-19(18-6-4-3-5-7-18)15-25(17-22)20-8-9-20/h3-7,19-20H,8-17H2,1-2H3/t19-/m0/s1. The highest BCUT2D eigenvalue weighted by Gasteiger charge is 2.45. The number of likely N-dealkylation sites (tertiary alicyclic amines) is 2. The largest absolute Gasteiger partial charge is 0.348 e. The highest BCUT2D eigenvalue weighted by atomic mass is 16.2. The highest BCUT2D eigenvalue weighted by molar-refractivity contribution is 5.77. The van der Waals surface area contributed by atoms with Gasteiger partial charge in [0, 0.05) is 33.2 Å². The van der Waals surface area contributed by atoms with Crippen LogP contribution in [0.3, 0.4) is 0 Å². The molecule has 26 heavy (non-hydrogen) atoms. The van der Waals surface area contributed by atoms with Crippen LogP contribution in [0.15, 0.2) is 30.3 Å². The minimum Gasteiger partial charge on any atom is -0.348 e. The van der Waals surface area contributed by atoms with E-state index >= 15 is 0 Å². The zero-order valence-corrected chi connectivity index (χ0v) is 16.4. The summed E-state index contributed by atoms with van der Waals surface area (Å²) in [6.07, 6.45) is 6.57. The molecule has 4 heteroatoms. The lowest BCUT2D eigenvalue weighted by molar-refractivity contribution is -0.130. The fourth-order valence-electron chi connectivity index (χ4n) is 4.98. The van der Waals surface area contributed by atoms with Crippen LogP contribution in [-0.4, -0.2) is 73.5 Å². The van der Waals surface area contributed by atoms with Crippen LogP contribution < -0.4 is 0 Å². The van der Waals surface area contributed by atoms with E-state index in [-0.39, 0.29) is 5.91 Å². The zero-order chi connectivity index (χ0) is 18.1. The minimum absolute atomic E-state index is 0.228. The summed E-state index contributed by atoms with van der Waals surface area (Å²) in [5.41, 5.74) is 1.96. The quantitative estimate of drug-likeness (QED) is 0.831. The molecule has 1 saturated carbocycles. The molecule has 2 saturated heterocycles. The molecule has 0 unspecified atom stereocenters. The molecule has 3 aliphatic rings. The third kappa shape index (κ3) is 3.96. The number of benzene rings is 1. The highest BCUT2D eigenvalue weighted by Crippen LogP contribution is 2.47. The number of carbonyl (C=O) groups excluding carboxylic acids is 1. The van der Waals surface area contributed by atoms with Crippen molar-refractivity contribution in [3.8, 4) is 0 Å². The zero-order valence-electron chi connectivity index (χ0n) is 16.4. The number of likely N-dealkylation sites (N-methyl/N-ethyl adjacent to an activating group) is 1. The molecular formula is C22H33N3O. The van der Waals surface area contributed by atoms with Crippen LogP contribution in [0.4, 0.5) is 0 Å². The van der Waals surface area contributed by atoms with Gasteiger partial charge in [-0.25, -0.2) is 0 Å². The Bertz CT molecular complexity index is 618. The number of carbonyl (C=O) groups is 1. The summed E-state index contributed by atoms with van der Waals surface area (Å²) < 4.78 is 0. The number of hydrogen-bond acceptors (Lipinski definition) is 3. The number of amides is 1. The normalized spacial score (nSPS) is 26.8. The number of nitrogens with zero attached hydrogens (tertiary/aromatic N) is 3. The van der Waals surface area contributed by atoms with E-state index in [1.54, 1.807) is 4.90 Å². The van der Waals surface area contributed by atoms with Gasteiger partial charge in [-0.2, -0.15) is 0 Å². The van der Waals surface area contributed by atoms with Crippen molar-refractivity contribution < 1.29 is 4.79 Å². The average molecular weight is 356 g/mol. The first kappa shape index (κ1) is 18.0. The molecule has 1 aliphatic carbocycles. The van der Waals surface area contributed by atoms with E-state index in [9.17, 15) is 4.79 Å². The fraction of sp³-hybridized carbons (Fsp3) is 0.682. The second-order valence-electron chi connectivity index (χ2n) is 9.04. The van der Waals surface area contributed by atoms with Crippen LogP contribution in [0.25, 0.3) is 0 Å². The topological polar surface area (TPSA) is 26.8 Å². The predicted octanol–water partition coefficient (Wildman–Crippen LogP) is 2.81. The second kappa shape index (κ2) is 7.32. The summed E-state index contributed by atoms with van der Waals surface area (Å²) in [6, 6.07) is 12.0. The minimum atomic E-state index is 0.228. The van der Waals surface area contributed by atoms with Gasteiger partial charge in [0.25, 0.3) is 0 Å². The fourth-order valence-corrected chi connectivity index (χ4v) is 4.98. The van der Waals surface area contributed by atoms with Gasteiger partial charge in [0.15, 0.2) is 0 Å². The molecule has 2 aliphatic heterocycles. The lowest BCUT2D eigenvalue weighted by atomic mass is 9.68. The molecule has 1 spiro atoms. The van der Waals surface area contributed by atoms with E-state index in [0.717, 1.165) is 19.1 Å². The van der Waals surface area contributed by atoms with E-state index in [4.69, 9.17) is 0 Å². The number of hydrogen-bond donors (Lipinski definition) is 0. The molecule has 1 aromatic carbocycles. The third-order valence-electron chi connectivity index (χ3n) is 6.78. The first-order valence-corrected chi connectivity index (χ1v) is 10.3. The van der Waals surface area contributed by atoms with E-state index in [2.05, 4.69) is 40.1 Å². The Morgan fingerprint density at radius 2 is 1.85 bits per heavy atom. The number of rotatable bonds is 4. The summed E-state index contributed by atoms with van der Waals surface area (Å²) in [7, 11) is 3.71. The molecule has 1 aromatic rings. The Morgan fingerprint density at radius 1 is 1.15 bits per heavy atom. The van der Waals surface area contributed by atoms with Gasteiger partial charge in [-0.1, -0.05) is 30.3 Å². The summed E-state index contributed by atoms with van der Waals surface area (Å²) in [6.45, 7) is 5.23. The van der Waals surface area contributed by atoms with Gasteiger partial charge in [-0.3, -0.25) is 14.6 Å². The van der Waals surface area contributed by atoms with Crippen LogP contribution in [0.5, 0.6) is 0 Å². The molecule has 3 fully saturated rings. The Hall–Kier alpha value is -1.39. The third-order valence-corrected chi connectivity index (χ3v) is 6.78. The molecule has 1 amide bonds. The molecule has 0 N–H and O–H groups in total. The van der Waals surface area contributed by atoms with Crippen LogP contribution >= 0.6 is 0 Å². The maximum absolute atomic E-state index is 12.0. The Kier molecular flexibility index (Phi) is 5.07. The molecule has 4 rings (SSSR count). The van der Waals surface area contributed by atoms with Gasteiger partial charge >= 0.3 is 0 Å². The van der Waals surface area contributed by atoms with E-state index < -0.39 is 0 Å². The Labute approximate surface area is 158 Å². The van der Waals surface area contributed by atoms with E-state index in [0.29, 0.717) is 17.9 Å². The van der Waals surface area contributed by atoms with Crippen LogP contribution in [0, 0.1) is 5.41 Å². The average Bonchev–Trinajstić information content (AvgIpc) is 3.49. The van der Waals surface area contributed by atoms with Crippen molar-refractivity contribution in [2.24, 2.45) is 5.41 Å². The lowest BCUT2D eigenvalue weighted by Gasteiger charge is -2.50. The van der Waals surface area contributed by atoms with Crippen LogP contribution in [-0.2, 0) is 4.79 Å². The maximum Gasteiger partial charge on any atom is 0.236 e. The van der Waals surface area contributed by atoms with Crippen LogP contribution in [0.2, 0.25) is 0 Å². The van der Waals surface area contributed by atoms with Gasteiger partial charge in [-0.15, -0.1) is 0 Å². The van der Waals surface area contributed by atoms with Gasteiger partial charge in [0.1, 0.15) is 0 Å². The lowest BCUT2D eigenvalue weighted by Crippen LogP contribution is -2.53. The number of piperidine rings is 2. The summed E-state index contributed by atoms with van der Waals surface area (Å²) in [4.78, 5) is 18.9. The molecule has 4 nitrogen and oxygen atoms in total. The first-order chi connectivity index (χ1) is 12.5. The molecular weight excluding hydrogens is 322 g/mol. The summed E-state index contributed by atoms with van der Waals surface area (Å²) in [5, 5.41) is 0. The van der Waals surface area contributed by atoms with Gasteiger partial charge in [0.05, 0.1) is 6.54 Å². The molecule has 1 atom stereocenters. The predicted molar refractivity (Wildman–Crippen MR) is 105 cm³/mol. The Balaban J connectivity index is 1.44. The van der Waals surface area contributed by atoms with Crippen molar-refractivity contribution in [2.45, 2.75) is 44.1 Å². The summed E-state index contributed by atoms with van der Waals surface area (Å²) in [5.74, 6) is 0.895. The van der Waals surface area contributed by atoms with E-state index in [1.807, 2.05) is 14.1 Å². The van der Waals surface area contributed by atoms with Crippen molar-refractivity contribution in [3.63, 3.8) is 0 Å². The SMILES string of the molecule is CN(C)C(=O)CN1CCC2(CC1)C[C@H](c1ccccc1)CN(C1CC1)C2. The van der Waals surface area contributed by atoms with Gasteiger partial charge in [0.2, 0.25) is 5.91 Å². The van der Waals surface area contributed by atoms with Crippen molar-refractivity contribution in [2.75, 3.05) is 46.8 Å². The molecule has 142 valence electrons. The van der Waals surface area contributed by atoms with E-state index in [1.165, 1.54) is 50.8 Å². The van der Waals surface area contributed by atoms with Crippen molar-refractivity contribution in [1.82, 2.24) is 14.7 Å². The molecule has 0 bridgehead atoms. The van der Waals surface area contributed by atoms with Gasteiger partial charge in [-0.05, 0) is 62.1 Å². The second-order valence-corrected chi connectivity index (χ2v) is 9.04. The summed E-state index contributed by atoms with van der Waals surface area (Å²) >= 11 is 0. The van der Waals surface area contributed by atoms with Crippen molar-refractivity contribution in [3.05, 3.63) is 35.9 Å². The molecule has 0 radical (unpaired) electrons.